The van der Waals surface area contributed by atoms with Crippen LogP contribution in [0.4, 0.5) is 0 Å². The molecule has 8 aromatic carbocycles. The van der Waals surface area contributed by atoms with E-state index in [2.05, 4.69) is 46.4 Å². The lowest BCUT2D eigenvalue weighted by Gasteiger charge is -2.15. The molecule has 2 N–H and O–H groups in total. The Morgan fingerprint density at radius 2 is 0.629 bits per heavy atom. The van der Waals surface area contributed by atoms with Crippen LogP contribution in [0.15, 0.2) is 170 Å². The first kappa shape index (κ1) is 34.1. The second kappa shape index (κ2) is 13.4. The molecule has 0 fully saturated rings. The second-order valence-corrected chi connectivity index (χ2v) is 15.3. The van der Waals surface area contributed by atoms with Crippen LogP contribution in [0.3, 0.4) is 0 Å². The summed E-state index contributed by atoms with van der Waals surface area (Å²) in [7, 11) is 0. The third-order valence-electron chi connectivity index (χ3n) is 11.5. The van der Waals surface area contributed by atoms with Gasteiger partial charge in [-0.25, -0.2) is 29.9 Å². The van der Waals surface area contributed by atoms with Crippen LogP contribution in [0, 0.1) is 0 Å². The van der Waals surface area contributed by atoms with Crippen molar-refractivity contribution in [2.45, 2.75) is 0 Å². The maximum absolute atomic E-state index is 6.78. The van der Waals surface area contributed by atoms with Crippen LogP contribution >= 0.6 is 0 Å². The Balaban J connectivity index is 1.10. The van der Waals surface area contributed by atoms with E-state index in [-0.39, 0.29) is 0 Å². The monoisotopic (exact) mass is 798 g/mol. The lowest BCUT2D eigenvalue weighted by atomic mass is 10.1. The number of hydrogen-bond acceptors (Lipinski definition) is 8. The second-order valence-electron chi connectivity index (χ2n) is 15.3. The van der Waals surface area contributed by atoms with Gasteiger partial charge in [-0.05, 0) is 57.9 Å². The van der Waals surface area contributed by atoms with E-state index in [0.717, 1.165) is 65.3 Å². The molecule has 13 rings (SSSR count). The van der Waals surface area contributed by atoms with Gasteiger partial charge in [0.05, 0.1) is 0 Å². The largest absolute Gasteiger partial charge is 0.453 e. The fraction of sp³-hybridized carbons (Fsp3) is 0. The normalized spacial score (nSPS) is 11.9. The van der Waals surface area contributed by atoms with Gasteiger partial charge in [-0.2, -0.15) is 0 Å². The molecule has 0 unspecified atom stereocenters. The van der Waals surface area contributed by atoms with Crippen molar-refractivity contribution in [3.05, 3.63) is 170 Å². The molecule has 0 spiro atoms. The Bertz CT molecular complexity index is 3610. The molecule has 2 aliphatic heterocycles. The number of nitrogens with one attached hydrogen (secondary N) is 2. The van der Waals surface area contributed by atoms with Crippen molar-refractivity contribution in [3.63, 3.8) is 0 Å². The van der Waals surface area contributed by atoms with Crippen molar-refractivity contribution in [2.24, 2.45) is 0 Å². The molecule has 0 amide bonds. The number of hydrogen-bond donors (Lipinski definition) is 2. The van der Waals surface area contributed by atoms with Crippen LogP contribution < -0.4 is 9.47 Å². The summed E-state index contributed by atoms with van der Waals surface area (Å²) >= 11 is 0. The number of nitrogens with zero attached hydrogens (tertiary/aromatic N) is 6. The number of aromatic amines is 2. The fourth-order valence-corrected chi connectivity index (χ4v) is 8.52. The number of fused-ring (bicyclic) bond motifs is 22. The molecule has 3 aromatic heterocycles. The predicted molar refractivity (Wildman–Crippen MR) is 244 cm³/mol. The summed E-state index contributed by atoms with van der Waals surface area (Å²) in [4.78, 5) is 38.0. The Hall–Kier alpha value is -8.76. The van der Waals surface area contributed by atoms with Crippen molar-refractivity contribution >= 4 is 65.7 Å². The lowest BCUT2D eigenvalue weighted by molar-refractivity contribution is 0.420. The van der Waals surface area contributed by atoms with Crippen molar-refractivity contribution in [1.29, 1.82) is 0 Å². The number of rotatable bonds is 4. The van der Waals surface area contributed by atoms with E-state index >= 15 is 0 Å². The van der Waals surface area contributed by atoms with Gasteiger partial charge in [0.15, 0.2) is 34.8 Å². The first-order chi connectivity index (χ1) is 30.6. The first-order valence-corrected chi connectivity index (χ1v) is 20.3. The highest BCUT2D eigenvalue weighted by Gasteiger charge is 2.26. The molecule has 5 heterocycles. The minimum absolute atomic E-state index is 0.449. The molecule has 11 aromatic rings. The zero-order valence-electron chi connectivity index (χ0n) is 32.7. The Labute approximate surface area is 352 Å². The molecule has 10 nitrogen and oxygen atoms in total. The number of aromatic nitrogens is 8. The third-order valence-corrected chi connectivity index (χ3v) is 11.5. The summed E-state index contributed by atoms with van der Waals surface area (Å²) in [6.45, 7) is 0. The van der Waals surface area contributed by atoms with Crippen molar-refractivity contribution < 1.29 is 9.47 Å². The zero-order chi connectivity index (χ0) is 40.7. The maximum Gasteiger partial charge on any atom is 0.170 e. The quantitative estimate of drug-likeness (QED) is 0.180. The molecule has 2 aliphatic rings. The molecule has 0 aliphatic carbocycles. The molecule has 0 radical (unpaired) electrons. The summed E-state index contributed by atoms with van der Waals surface area (Å²) in [6, 6.07) is 56.6. The predicted octanol–water partition coefficient (Wildman–Crippen LogP) is 12.8. The molecule has 290 valence electrons. The topological polar surface area (TPSA) is 127 Å². The number of H-pyrrole nitrogens is 2. The molecule has 10 heteroatoms. The van der Waals surface area contributed by atoms with Gasteiger partial charge >= 0.3 is 0 Å². The first-order valence-electron chi connectivity index (χ1n) is 20.3. The Morgan fingerprint density at radius 1 is 0.290 bits per heavy atom. The van der Waals surface area contributed by atoms with Crippen molar-refractivity contribution in [2.75, 3.05) is 0 Å². The van der Waals surface area contributed by atoms with Crippen LogP contribution in [-0.4, -0.2) is 39.9 Å². The molecule has 62 heavy (non-hydrogen) atoms. The van der Waals surface area contributed by atoms with Crippen molar-refractivity contribution in [3.8, 4) is 68.5 Å². The molecular formula is C52H30N8O2. The van der Waals surface area contributed by atoms with Gasteiger partial charge in [0.1, 0.15) is 34.1 Å². The minimum Gasteiger partial charge on any atom is -0.453 e. The van der Waals surface area contributed by atoms with Gasteiger partial charge in [0.2, 0.25) is 0 Å². The zero-order valence-corrected chi connectivity index (χ0v) is 32.7. The van der Waals surface area contributed by atoms with Crippen LogP contribution in [0.1, 0.15) is 0 Å². The van der Waals surface area contributed by atoms with E-state index in [1.54, 1.807) is 0 Å². The van der Waals surface area contributed by atoms with Crippen molar-refractivity contribution in [1.82, 2.24) is 39.9 Å². The lowest BCUT2D eigenvalue weighted by Crippen LogP contribution is -1.93. The summed E-state index contributed by atoms with van der Waals surface area (Å²) in [5.41, 5.74) is 5.67. The standard InChI is InChI=1S/C52H30N8O2/c1-3-13-31-25-33(23-21-29(31)11-1)61-43-27-41-42(28-44(43)62-34-24-22-30-12-2-4-14-32(30)26-34)52-59-50-40-20-10-8-18-38(40)48(57-50)55-46-36-16-6-5-15-35(36)45(53-46)54-47-37-17-7-9-19-39(37)49(56-47)58-51(41)60-52/h1-28H,(H2,53,54,55,56,57,58,59,60). The molecule has 0 atom stereocenters. The van der Waals surface area contributed by atoms with Gasteiger partial charge in [-0.1, -0.05) is 133 Å². The van der Waals surface area contributed by atoms with Crippen LogP contribution in [-0.2, 0) is 0 Å². The van der Waals surface area contributed by atoms with Gasteiger partial charge in [0.25, 0.3) is 0 Å². The van der Waals surface area contributed by atoms with Crippen LogP contribution in [0.2, 0.25) is 0 Å². The average Bonchev–Trinajstić information content (AvgIpc) is 4.05. The van der Waals surface area contributed by atoms with Gasteiger partial charge < -0.3 is 19.4 Å². The Kier molecular flexibility index (Phi) is 7.37. The van der Waals surface area contributed by atoms with Crippen LogP contribution in [0.5, 0.6) is 23.0 Å². The average molecular weight is 799 g/mol. The minimum atomic E-state index is 0.449. The molecular weight excluding hydrogens is 769 g/mol. The van der Waals surface area contributed by atoms with E-state index in [0.29, 0.717) is 68.9 Å². The highest BCUT2D eigenvalue weighted by atomic mass is 16.5. The third kappa shape index (κ3) is 5.58. The smallest absolute Gasteiger partial charge is 0.170 e. The van der Waals surface area contributed by atoms with E-state index in [1.165, 1.54) is 0 Å². The van der Waals surface area contributed by atoms with E-state index in [4.69, 9.17) is 39.4 Å². The van der Waals surface area contributed by atoms with Gasteiger partial charge in [0, 0.05) is 43.8 Å². The number of benzene rings is 8. The molecule has 8 bridgehead atoms. The Morgan fingerprint density at radius 3 is 1.03 bits per heavy atom. The highest BCUT2D eigenvalue weighted by molar-refractivity contribution is 6.06. The van der Waals surface area contributed by atoms with E-state index in [9.17, 15) is 0 Å². The summed E-state index contributed by atoms with van der Waals surface area (Å²) in [6.07, 6.45) is 0. The molecule has 0 saturated heterocycles. The van der Waals surface area contributed by atoms with Gasteiger partial charge in [-0.15, -0.1) is 0 Å². The summed E-state index contributed by atoms with van der Waals surface area (Å²) < 4.78 is 13.6. The van der Waals surface area contributed by atoms with E-state index in [1.807, 2.05) is 133 Å². The summed E-state index contributed by atoms with van der Waals surface area (Å²) in [5.74, 6) is 4.31. The highest BCUT2D eigenvalue weighted by Crippen LogP contribution is 2.46. The SMILES string of the molecule is c1ccc2c(c1)-c1nc-2nc2[nH]c(nc3nc(nc4[nH]c(n1)c1ccccc41)-c1cc(Oc4ccc5ccccc5c4)c(Oc4ccc5ccccc5c4)cc1-3)c1ccccc21. The van der Waals surface area contributed by atoms with Crippen LogP contribution in [0.25, 0.3) is 111 Å². The van der Waals surface area contributed by atoms with Gasteiger partial charge in [-0.3, -0.25) is 0 Å². The number of ether oxygens (including phenoxy) is 2. The molecule has 0 saturated carbocycles. The fourth-order valence-electron chi connectivity index (χ4n) is 8.52. The maximum atomic E-state index is 6.78. The summed E-state index contributed by atoms with van der Waals surface area (Å²) in [5, 5.41) is 7.91. The van der Waals surface area contributed by atoms with E-state index < -0.39 is 0 Å².